The predicted molar refractivity (Wildman–Crippen MR) is 91.8 cm³/mol. The molecular weight excluding hydrogens is 404 g/mol. The van der Waals surface area contributed by atoms with Crippen molar-refractivity contribution in [1.29, 1.82) is 0 Å². The minimum absolute atomic E-state index is 0.200. The van der Waals surface area contributed by atoms with Gasteiger partial charge in [-0.25, -0.2) is 12.8 Å². The Morgan fingerprint density at radius 1 is 1.11 bits per heavy atom. The molecule has 0 N–H and O–H groups in total. The number of ether oxygens (including phenoxy) is 2. The molecule has 3 rings (SSSR count). The molecule has 2 saturated heterocycles. The summed E-state index contributed by atoms with van der Waals surface area (Å²) in [5.41, 5.74) is 0. The Morgan fingerprint density at radius 3 is 2.32 bits per heavy atom. The summed E-state index contributed by atoms with van der Waals surface area (Å²) in [4.78, 5) is 1.53. The molecule has 28 heavy (non-hydrogen) atoms. The van der Waals surface area contributed by atoms with E-state index in [2.05, 4.69) is 9.64 Å². The van der Waals surface area contributed by atoms with E-state index < -0.39 is 32.8 Å². The van der Waals surface area contributed by atoms with Gasteiger partial charge in [0.05, 0.1) is 0 Å². The zero-order chi connectivity index (χ0) is 20.4. The highest BCUT2D eigenvalue weighted by Gasteiger charge is 2.34. The largest absolute Gasteiger partial charge is 0.573 e. The zero-order valence-corrected chi connectivity index (χ0v) is 15.9. The fraction of sp³-hybridized carbons (Fsp3) is 0.647. The Kier molecular flexibility index (Phi) is 6.47. The molecule has 0 spiro atoms. The molecule has 0 unspecified atom stereocenters. The van der Waals surface area contributed by atoms with Crippen LogP contribution in [0, 0.1) is 11.7 Å². The molecule has 0 amide bonds. The molecule has 1 aromatic rings. The summed E-state index contributed by atoms with van der Waals surface area (Å²) in [5, 5.41) is 0. The number of hydrogen-bond donors (Lipinski definition) is 0. The van der Waals surface area contributed by atoms with Crippen molar-refractivity contribution in [2.24, 2.45) is 5.92 Å². The number of halogens is 4. The SMILES string of the molecule is O=S(=O)(c1ccc(OC(F)(F)F)cc1F)N1CCN(CC2CCOCC2)CC1. The summed E-state index contributed by atoms with van der Waals surface area (Å²) in [6, 6.07) is 2.03. The van der Waals surface area contributed by atoms with Gasteiger partial charge >= 0.3 is 6.36 Å². The molecule has 1 aromatic carbocycles. The van der Waals surface area contributed by atoms with Gasteiger partial charge < -0.3 is 14.4 Å². The number of piperazine rings is 1. The lowest BCUT2D eigenvalue weighted by molar-refractivity contribution is -0.274. The maximum atomic E-state index is 14.2. The zero-order valence-electron chi connectivity index (χ0n) is 15.1. The van der Waals surface area contributed by atoms with E-state index in [4.69, 9.17) is 4.74 Å². The van der Waals surface area contributed by atoms with E-state index in [0.717, 1.165) is 49.0 Å². The smallest absolute Gasteiger partial charge is 0.406 e. The number of hydrogen-bond acceptors (Lipinski definition) is 5. The Hall–Kier alpha value is -1.43. The Balaban J connectivity index is 1.62. The van der Waals surface area contributed by atoms with Crippen molar-refractivity contribution < 1.29 is 35.5 Å². The quantitative estimate of drug-likeness (QED) is 0.677. The lowest BCUT2D eigenvalue weighted by Crippen LogP contribution is -2.50. The van der Waals surface area contributed by atoms with Crippen LogP contribution in [0.5, 0.6) is 5.75 Å². The predicted octanol–water partition coefficient (Wildman–Crippen LogP) is 2.46. The molecule has 0 atom stereocenters. The highest BCUT2D eigenvalue weighted by atomic mass is 32.2. The molecule has 2 aliphatic rings. The summed E-state index contributed by atoms with van der Waals surface area (Å²) in [5.74, 6) is -1.55. The van der Waals surface area contributed by atoms with Gasteiger partial charge in [-0.1, -0.05) is 0 Å². The number of alkyl halides is 3. The molecule has 2 heterocycles. The highest BCUT2D eigenvalue weighted by Crippen LogP contribution is 2.28. The molecule has 0 aromatic heterocycles. The van der Waals surface area contributed by atoms with Crippen LogP contribution in [0.15, 0.2) is 23.1 Å². The van der Waals surface area contributed by atoms with Gasteiger partial charge in [-0.15, -0.1) is 13.2 Å². The standard InChI is InChI=1S/C17H22F4N2O4S/c18-15-11-14(27-17(19,20)21)1-2-16(15)28(24,25)23-7-5-22(6-8-23)12-13-3-9-26-10-4-13/h1-2,11,13H,3-10,12H2. The van der Waals surface area contributed by atoms with Gasteiger partial charge in [-0.2, -0.15) is 4.31 Å². The summed E-state index contributed by atoms with van der Waals surface area (Å²) >= 11 is 0. The first kappa shape index (κ1) is 21.3. The average molecular weight is 426 g/mol. The second kappa shape index (κ2) is 8.52. The molecular formula is C17H22F4N2O4S. The fourth-order valence-corrected chi connectivity index (χ4v) is 4.94. The third-order valence-electron chi connectivity index (χ3n) is 4.94. The van der Waals surface area contributed by atoms with Crippen molar-refractivity contribution in [2.75, 3.05) is 45.9 Å². The molecule has 0 aliphatic carbocycles. The van der Waals surface area contributed by atoms with E-state index in [0.29, 0.717) is 25.1 Å². The minimum atomic E-state index is -4.98. The van der Waals surface area contributed by atoms with Crippen LogP contribution in [0.25, 0.3) is 0 Å². The van der Waals surface area contributed by atoms with Crippen molar-refractivity contribution in [3.63, 3.8) is 0 Å². The maximum absolute atomic E-state index is 14.2. The van der Waals surface area contributed by atoms with E-state index in [-0.39, 0.29) is 13.1 Å². The normalized spacial score (nSPS) is 21.0. The first-order valence-corrected chi connectivity index (χ1v) is 10.4. The van der Waals surface area contributed by atoms with Gasteiger partial charge in [0.15, 0.2) is 0 Å². The molecule has 11 heteroatoms. The molecule has 6 nitrogen and oxygen atoms in total. The molecule has 0 radical (unpaired) electrons. The number of nitrogens with zero attached hydrogens (tertiary/aromatic N) is 2. The topological polar surface area (TPSA) is 59.1 Å². The summed E-state index contributed by atoms with van der Waals surface area (Å²) in [7, 11) is -4.13. The third-order valence-corrected chi connectivity index (χ3v) is 6.88. The van der Waals surface area contributed by atoms with Crippen LogP contribution < -0.4 is 4.74 Å². The minimum Gasteiger partial charge on any atom is -0.406 e. The Labute approximate surface area is 161 Å². The van der Waals surface area contributed by atoms with Gasteiger partial charge in [0.1, 0.15) is 16.5 Å². The van der Waals surface area contributed by atoms with E-state index >= 15 is 0 Å². The first-order valence-electron chi connectivity index (χ1n) is 9.01. The van der Waals surface area contributed by atoms with Crippen molar-refractivity contribution in [1.82, 2.24) is 9.21 Å². The van der Waals surface area contributed by atoms with Crippen LogP contribution >= 0.6 is 0 Å². The monoisotopic (exact) mass is 426 g/mol. The van der Waals surface area contributed by atoms with Crippen molar-refractivity contribution in [2.45, 2.75) is 24.1 Å². The lowest BCUT2D eigenvalue weighted by atomic mass is 9.99. The summed E-state index contributed by atoms with van der Waals surface area (Å²) < 4.78 is 86.3. The molecule has 158 valence electrons. The van der Waals surface area contributed by atoms with Crippen LogP contribution in [0.3, 0.4) is 0 Å². The first-order chi connectivity index (χ1) is 13.1. The van der Waals surface area contributed by atoms with Gasteiger partial charge in [0.2, 0.25) is 10.0 Å². The fourth-order valence-electron chi connectivity index (χ4n) is 3.47. The van der Waals surface area contributed by atoms with E-state index in [9.17, 15) is 26.0 Å². The Morgan fingerprint density at radius 2 is 1.75 bits per heavy atom. The van der Waals surface area contributed by atoms with E-state index in [1.165, 1.54) is 0 Å². The van der Waals surface area contributed by atoms with Crippen molar-refractivity contribution in [3.05, 3.63) is 24.0 Å². The van der Waals surface area contributed by atoms with Gasteiger partial charge in [0, 0.05) is 52.0 Å². The summed E-state index contributed by atoms with van der Waals surface area (Å²) in [6.45, 7) is 3.80. The Bertz CT molecular complexity index is 774. The van der Waals surface area contributed by atoms with Crippen LogP contribution in [0.1, 0.15) is 12.8 Å². The van der Waals surface area contributed by atoms with Gasteiger partial charge in [0.25, 0.3) is 0 Å². The van der Waals surface area contributed by atoms with Crippen LogP contribution in [-0.4, -0.2) is 69.9 Å². The van der Waals surface area contributed by atoms with E-state index in [1.807, 2.05) is 0 Å². The average Bonchev–Trinajstić information content (AvgIpc) is 2.61. The van der Waals surface area contributed by atoms with E-state index in [1.54, 1.807) is 0 Å². The van der Waals surface area contributed by atoms with Gasteiger partial charge in [-0.3, -0.25) is 0 Å². The number of rotatable bonds is 5. The van der Waals surface area contributed by atoms with Crippen LogP contribution in [0.4, 0.5) is 17.6 Å². The molecule has 2 aliphatic heterocycles. The third kappa shape index (κ3) is 5.34. The van der Waals surface area contributed by atoms with Crippen molar-refractivity contribution in [3.8, 4) is 5.75 Å². The summed E-state index contributed by atoms with van der Waals surface area (Å²) in [6.07, 6.45) is -3.01. The molecule has 0 bridgehead atoms. The molecule has 0 saturated carbocycles. The second-order valence-corrected chi connectivity index (χ2v) is 8.81. The number of sulfonamides is 1. The van der Waals surface area contributed by atoms with Gasteiger partial charge in [-0.05, 0) is 30.9 Å². The van der Waals surface area contributed by atoms with Crippen molar-refractivity contribution >= 4 is 10.0 Å². The lowest BCUT2D eigenvalue weighted by Gasteiger charge is -2.36. The maximum Gasteiger partial charge on any atom is 0.573 e. The highest BCUT2D eigenvalue weighted by molar-refractivity contribution is 7.89. The van der Waals surface area contributed by atoms with Crippen LogP contribution in [0.2, 0.25) is 0 Å². The molecule has 2 fully saturated rings. The number of benzene rings is 1. The second-order valence-electron chi connectivity index (χ2n) is 6.90. The van der Waals surface area contributed by atoms with Crippen LogP contribution in [-0.2, 0) is 14.8 Å².